The maximum atomic E-state index is 12.7. The number of ether oxygens (including phenoxy) is 1. The minimum atomic E-state index is -3.64. The highest BCUT2D eigenvalue weighted by Crippen LogP contribution is 2.20. The second kappa shape index (κ2) is 7.51. The van der Waals surface area contributed by atoms with Crippen molar-refractivity contribution in [3.63, 3.8) is 0 Å². The van der Waals surface area contributed by atoms with Crippen LogP contribution in [0.1, 0.15) is 26.7 Å². The summed E-state index contributed by atoms with van der Waals surface area (Å²) in [7, 11) is -2.10. The molecule has 1 aromatic rings. The van der Waals surface area contributed by atoms with Crippen LogP contribution < -0.4 is 5.73 Å². The summed E-state index contributed by atoms with van der Waals surface area (Å²) in [6, 6.07) is -0.0762. The number of nitrogen functional groups attached to an aromatic ring is 1. The van der Waals surface area contributed by atoms with Crippen LogP contribution in [-0.2, 0) is 14.8 Å². The molecule has 0 unspecified atom stereocenters. The van der Waals surface area contributed by atoms with E-state index in [9.17, 15) is 8.42 Å². The van der Waals surface area contributed by atoms with Gasteiger partial charge in [0, 0.05) is 19.7 Å². The van der Waals surface area contributed by atoms with Crippen LogP contribution >= 0.6 is 0 Å². The average molecular weight is 302 g/mol. The van der Waals surface area contributed by atoms with Crippen molar-refractivity contribution in [2.24, 2.45) is 0 Å². The van der Waals surface area contributed by atoms with E-state index in [4.69, 9.17) is 10.5 Å². The maximum Gasteiger partial charge on any atom is 0.246 e. The smallest absolute Gasteiger partial charge is 0.246 e. The highest BCUT2D eigenvalue weighted by atomic mass is 32.2. The SMILES string of the molecule is CCC(CC)N(CCOC)S(=O)(=O)c1cnc(N)nc1. The normalized spacial score (nSPS) is 12.2. The number of hydrogen-bond acceptors (Lipinski definition) is 6. The molecule has 0 saturated heterocycles. The van der Waals surface area contributed by atoms with Gasteiger partial charge < -0.3 is 10.5 Å². The first kappa shape index (κ1) is 16.8. The molecule has 0 aliphatic rings. The largest absolute Gasteiger partial charge is 0.383 e. The summed E-state index contributed by atoms with van der Waals surface area (Å²) in [5.41, 5.74) is 5.39. The fourth-order valence-electron chi connectivity index (χ4n) is 1.97. The Morgan fingerprint density at radius 3 is 2.30 bits per heavy atom. The van der Waals surface area contributed by atoms with Crippen LogP contribution in [0, 0.1) is 0 Å². The van der Waals surface area contributed by atoms with Crippen molar-refractivity contribution in [3.8, 4) is 0 Å². The standard InChI is InChI=1S/C12H22N4O3S/c1-4-10(5-2)16(6-7-19-3)20(17,18)11-8-14-12(13)15-9-11/h8-10H,4-7H2,1-3H3,(H2,13,14,15). The summed E-state index contributed by atoms with van der Waals surface area (Å²) in [6.07, 6.45) is 3.93. The van der Waals surface area contributed by atoms with E-state index in [1.165, 1.54) is 16.7 Å². The minimum Gasteiger partial charge on any atom is -0.383 e. The lowest BCUT2D eigenvalue weighted by Gasteiger charge is -2.29. The molecule has 0 atom stereocenters. The Balaban J connectivity index is 3.12. The minimum absolute atomic E-state index is 0.0507. The molecule has 7 nitrogen and oxygen atoms in total. The van der Waals surface area contributed by atoms with Crippen molar-refractivity contribution < 1.29 is 13.2 Å². The fourth-order valence-corrected chi connectivity index (χ4v) is 3.62. The third-order valence-electron chi connectivity index (χ3n) is 3.12. The first-order valence-corrected chi connectivity index (χ1v) is 7.99. The van der Waals surface area contributed by atoms with Crippen LogP contribution in [0.3, 0.4) is 0 Å². The third-order valence-corrected chi connectivity index (χ3v) is 5.02. The zero-order chi connectivity index (χ0) is 15.2. The van der Waals surface area contributed by atoms with Gasteiger partial charge in [-0.25, -0.2) is 18.4 Å². The summed E-state index contributed by atoms with van der Waals surface area (Å²) in [4.78, 5) is 7.55. The molecule has 1 heterocycles. The Labute approximate surface area is 120 Å². The maximum absolute atomic E-state index is 12.7. The van der Waals surface area contributed by atoms with Crippen molar-refractivity contribution >= 4 is 16.0 Å². The van der Waals surface area contributed by atoms with Crippen LogP contribution in [0.15, 0.2) is 17.3 Å². The van der Waals surface area contributed by atoms with E-state index in [2.05, 4.69) is 9.97 Å². The fraction of sp³-hybridized carbons (Fsp3) is 0.667. The van der Waals surface area contributed by atoms with E-state index in [1.807, 2.05) is 13.8 Å². The Morgan fingerprint density at radius 2 is 1.85 bits per heavy atom. The predicted octanol–water partition coefficient (Wildman–Crippen LogP) is 0.885. The van der Waals surface area contributed by atoms with Gasteiger partial charge in [0.15, 0.2) is 0 Å². The number of rotatable bonds is 8. The summed E-state index contributed by atoms with van der Waals surface area (Å²) in [5.74, 6) is 0.0509. The van der Waals surface area contributed by atoms with Gasteiger partial charge in [-0.1, -0.05) is 13.8 Å². The lowest BCUT2D eigenvalue weighted by molar-refractivity contribution is 0.163. The van der Waals surface area contributed by atoms with Crippen molar-refractivity contribution in [2.45, 2.75) is 37.6 Å². The van der Waals surface area contributed by atoms with E-state index in [0.29, 0.717) is 13.2 Å². The molecule has 0 spiro atoms. The van der Waals surface area contributed by atoms with E-state index in [1.54, 1.807) is 7.11 Å². The number of aromatic nitrogens is 2. The van der Waals surface area contributed by atoms with Crippen LogP contribution in [-0.4, -0.2) is 49.0 Å². The molecule has 2 N–H and O–H groups in total. The van der Waals surface area contributed by atoms with Crippen molar-refractivity contribution in [1.29, 1.82) is 0 Å². The number of nitrogens with two attached hydrogens (primary N) is 1. The summed E-state index contributed by atoms with van der Waals surface area (Å²) in [5, 5.41) is 0. The highest BCUT2D eigenvalue weighted by molar-refractivity contribution is 7.89. The van der Waals surface area contributed by atoms with Gasteiger partial charge in [0.2, 0.25) is 16.0 Å². The van der Waals surface area contributed by atoms with Crippen LogP contribution in [0.25, 0.3) is 0 Å². The molecule has 0 saturated carbocycles. The van der Waals surface area contributed by atoms with Gasteiger partial charge in [-0.15, -0.1) is 0 Å². The molecule has 0 bridgehead atoms. The molecule has 20 heavy (non-hydrogen) atoms. The summed E-state index contributed by atoms with van der Waals surface area (Å²) >= 11 is 0. The topological polar surface area (TPSA) is 98.4 Å². The first-order chi connectivity index (χ1) is 9.47. The second-order valence-electron chi connectivity index (χ2n) is 4.36. The lowest BCUT2D eigenvalue weighted by atomic mass is 10.2. The molecular formula is C12H22N4O3S. The summed E-state index contributed by atoms with van der Waals surface area (Å²) < 4.78 is 31.8. The van der Waals surface area contributed by atoms with E-state index >= 15 is 0 Å². The molecule has 0 aliphatic carbocycles. The van der Waals surface area contributed by atoms with Crippen LogP contribution in [0.2, 0.25) is 0 Å². The number of anilines is 1. The zero-order valence-electron chi connectivity index (χ0n) is 12.1. The van der Waals surface area contributed by atoms with Gasteiger partial charge in [-0.3, -0.25) is 0 Å². The van der Waals surface area contributed by atoms with Gasteiger partial charge in [0.05, 0.1) is 19.0 Å². The quantitative estimate of drug-likeness (QED) is 0.765. The summed E-state index contributed by atoms with van der Waals surface area (Å²) in [6.45, 7) is 4.56. The molecule has 1 aromatic heterocycles. The predicted molar refractivity (Wildman–Crippen MR) is 76.6 cm³/mol. The molecule has 0 amide bonds. The van der Waals surface area contributed by atoms with Gasteiger partial charge in [-0.2, -0.15) is 4.31 Å². The molecular weight excluding hydrogens is 280 g/mol. The van der Waals surface area contributed by atoms with Gasteiger partial charge in [0.1, 0.15) is 4.90 Å². The Hall–Kier alpha value is -1.25. The van der Waals surface area contributed by atoms with Gasteiger partial charge >= 0.3 is 0 Å². The molecule has 0 radical (unpaired) electrons. The molecule has 8 heteroatoms. The number of hydrogen-bond donors (Lipinski definition) is 1. The molecule has 0 aromatic carbocycles. The first-order valence-electron chi connectivity index (χ1n) is 6.55. The van der Waals surface area contributed by atoms with Crippen molar-refractivity contribution in [1.82, 2.24) is 14.3 Å². The number of methoxy groups -OCH3 is 1. The second-order valence-corrected chi connectivity index (χ2v) is 6.25. The van der Waals surface area contributed by atoms with Gasteiger partial charge in [-0.05, 0) is 12.8 Å². The lowest BCUT2D eigenvalue weighted by Crippen LogP contribution is -2.41. The average Bonchev–Trinajstić information content (AvgIpc) is 2.43. The Bertz CT molecular complexity index is 500. The van der Waals surface area contributed by atoms with Crippen molar-refractivity contribution in [2.75, 3.05) is 26.0 Å². The monoisotopic (exact) mass is 302 g/mol. The Kier molecular flexibility index (Phi) is 6.31. The Morgan fingerprint density at radius 1 is 1.30 bits per heavy atom. The van der Waals surface area contributed by atoms with E-state index in [-0.39, 0.29) is 16.9 Å². The highest BCUT2D eigenvalue weighted by Gasteiger charge is 2.30. The van der Waals surface area contributed by atoms with E-state index in [0.717, 1.165) is 12.8 Å². The number of sulfonamides is 1. The third kappa shape index (κ3) is 3.87. The molecule has 1 rings (SSSR count). The van der Waals surface area contributed by atoms with Crippen LogP contribution in [0.5, 0.6) is 0 Å². The van der Waals surface area contributed by atoms with Crippen molar-refractivity contribution in [3.05, 3.63) is 12.4 Å². The van der Waals surface area contributed by atoms with Crippen LogP contribution in [0.4, 0.5) is 5.95 Å². The van der Waals surface area contributed by atoms with E-state index < -0.39 is 10.0 Å². The molecule has 0 fully saturated rings. The number of nitrogens with zero attached hydrogens (tertiary/aromatic N) is 3. The van der Waals surface area contributed by atoms with Gasteiger partial charge in [0.25, 0.3) is 0 Å². The molecule has 114 valence electrons. The molecule has 0 aliphatic heterocycles. The zero-order valence-corrected chi connectivity index (χ0v) is 12.9.